The van der Waals surface area contributed by atoms with E-state index >= 15 is 0 Å². The molecule has 0 saturated heterocycles. The Morgan fingerprint density at radius 3 is 2.12 bits per heavy atom. The first kappa shape index (κ1) is 19.3. The number of pyridine rings is 1. The van der Waals surface area contributed by atoms with E-state index < -0.39 is 24.5 Å². The van der Waals surface area contributed by atoms with Gasteiger partial charge in [-0.15, -0.1) is 0 Å². The van der Waals surface area contributed by atoms with Crippen LogP contribution in [0.5, 0.6) is 0 Å². The minimum absolute atomic E-state index is 0.0288. The van der Waals surface area contributed by atoms with E-state index in [4.69, 9.17) is 21.1 Å². The highest BCUT2D eigenvalue weighted by Gasteiger charge is 2.16. The Balaban J connectivity index is 0.000000277. The highest BCUT2D eigenvalue weighted by Crippen LogP contribution is 2.13. The molecule has 1 aromatic carbocycles. The Labute approximate surface area is 139 Å². The molecule has 1 unspecified atom stereocenters. The molecule has 0 bridgehead atoms. The molecule has 0 radical (unpaired) electrons. The van der Waals surface area contributed by atoms with Crippen molar-refractivity contribution in [3.8, 4) is 0 Å². The van der Waals surface area contributed by atoms with Gasteiger partial charge in [-0.2, -0.15) is 0 Å². The lowest BCUT2D eigenvalue weighted by Crippen LogP contribution is -2.22. The van der Waals surface area contributed by atoms with Gasteiger partial charge < -0.3 is 21.1 Å². The lowest BCUT2D eigenvalue weighted by molar-refractivity contribution is -0.152. The summed E-state index contributed by atoms with van der Waals surface area (Å²) in [5.74, 6) is -2.85. The number of hydrogen-bond acceptors (Lipinski definition) is 5. The fourth-order valence-corrected chi connectivity index (χ4v) is 1.81. The normalized spacial score (nSPS) is 12.4. The predicted molar refractivity (Wildman–Crippen MR) is 87.2 cm³/mol. The largest absolute Gasteiger partial charge is 0.481 e. The summed E-state index contributed by atoms with van der Waals surface area (Å²) in [5.41, 5.74) is 8.28. The van der Waals surface area contributed by atoms with Crippen molar-refractivity contribution in [1.82, 2.24) is 4.98 Å². The van der Waals surface area contributed by atoms with Gasteiger partial charge in [-0.25, -0.2) is 4.79 Å². The Bertz CT molecular complexity index is 634. The monoisotopic (exact) mass is 332 g/mol. The molecule has 0 aliphatic heterocycles. The number of aliphatic hydroxyl groups is 1. The zero-order valence-corrected chi connectivity index (χ0v) is 12.9. The minimum atomic E-state index is -1.79. The number of carboxylic acid groups (broad SMARTS) is 2. The van der Waals surface area contributed by atoms with E-state index in [-0.39, 0.29) is 6.04 Å². The number of rotatable bonds is 6. The fraction of sp³-hybridized carbons (Fsp3) is 0.235. The molecule has 2 atom stereocenters. The first-order chi connectivity index (χ1) is 11.4. The maximum Gasteiger partial charge on any atom is 0.333 e. The number of nitrogens with zero attached hydrogens (tertiary/aromatic N) is 1. The van der Waals surface area contributed by atoms with Gasteiger partial charge in [0, 0.05) is 24.4 Å². The van der Waals surface area contributed by atoms with Crippen molar-refractivity contribution in [2.45, 2.75) is 25.0 Å². The van der Waals surface area contributed by atoms with Crippen LogP contribution in [-0.4, -0.2) is 38.3 Å². The van der Waals surface area contributed by atoms with E-state index in [1.54, 1.807) is 6.20 Å². The van der Waals surface area contributed by atoms with Gasteiger partial charge in [0.2, 0.25) is 0 Å². The number of aromatic nitrogens is 1. The molecule has 2 aromatic rings. The first-order valence-corrected chi connectivity index (χ1v) is 7.23. The van der Waals surface area contributed by atoms with Gasteiger partial charge in [-0.3, -0.25) is 9.78 Å². The maximum atomic E-state index is 9.72. The molecule has 0 aliphatic carbocycles. The van der Waals surface area contributed by atoms with E-state index in [0.717, 1.165) is 17.7 Å². The number of benzene rings is 1. The molecule has 0 fully saturated rings. The molecule has 0 saturated carbocycles. The molecular weight excluding hydrogens is 312 g/mol. The maximum absolute atomic E-state index is 9.72. The lowest BCUT2D eigenvalue weighted by Gasteiger charge is -2.10. The van der Waals surface area contributed by atoms with Crippen LogP contribution in [0.1, 0.15) is 23.7 Å². The van der Waals surface area contributed by atoms with Gasteiger partial charge in [0.15, 0.2) is 6.10 Å². The Kier molecular flexibility index (Phi) is 8.10. The number of carbonyl (C=O) groups is 2. The van der Waals surface area contributed by atoms with E-state index in [9.17, 15) is 9.59 Å². The second kappa shape index (κ2) is 10.1. The summed E-state index contributed by atoms with van der Waals surface area (Å²) in [6, 6.07) is 16.0. The van der Waals surface area contributed by atoms with Crippen LogP contribution in [0, 0.1) is 0 Å². The zero-order chi connectivity index (χ0) is 17.9. The highest BCUT2D eigenvalue weighted by molar-refractivity contribution is 5.79. The van der Waals surface area contributed by atoms with Gasteiger partial charge in [-0.1, -0.05) is 36.4 Å². The number of hydrogen-bond donors (Lipinski definition) is 4. The number of nitrogens with two attached hydrogens (primary N) is 1. The molecule has 2 rings (SSSR count). The second-order valence-electron chi connectivity index (χ2n) is 4.99. The number of aliphatic carboxylic acids is 2. The van der Waals surface area contributed by atoms with Crippen LogP contribution >= 0.6 is 0 Å². The Hall–Kier alpha value is -2.77. The molecule has 5 N–H and O–H groups in total. The molecule has 128 valence electrons. The van der Waals surface area contributed by atoms with Gasteiger partial charge in [-0.05, 0) is 17.7 Å². The van der Waals surface area contributed by atoms with Crippen molar-refractivity contribution in [2.24, 2.45) is 5.73 Å². The van der Waals surface area contributed by atoms with Crippen molar-refractivity contribution >= 4 is 11.9 Å². The van der Waals surface area contributed by atoms with E-state index in [1.807, 2.05) is 48.5 Å². The molecule has 7 nitrogen and oxygen atoms in total. The zero-order valence-electron chi connectivity index (χ0n) is 12.9. The van der Waals surface area contributed by atoms with E-state index in [1.165, 1.54) is 0 Å². The molecule has 0 amide bonds. The van der Waals surface area contributed by atoms with Crippen molar-refractivity contribution in [3.05, 3.63) is 66.0 Å². The van der Waals surface area contributed by atoms with Gasteiger partial charge in [0.05, 0.1) is 6.42 Å². The van der Waals surface area contributed by atoms with Crippen molar-refractivity contribution < 1.29 is 24.9 Å². The Morgan fingerprint density at radius 2 is 1.67 bits per heavy atom. The summed E-state index contributed by atoms with van der Waals surface area (Å²) in [4.78, 5) is 23.7. The third kappa shape index (κ3) is 7.48. The van der Waals surface area contributed by atoms with Crippen LogP contribution in [0.2, 0.25) is 0 Å². The summed E-state index contributed by atoms with van der Waals surface area (Å²) >= 11 is 0. The number of carboxylic acids is 2. The molecule has 1 aromatic heterocycles. The molecule has 0 spiro atoms. The average Bonchev–Trinajstić information content (AvgIpc) is 2.56. The predicted octanol–water partition coefficient (Wildman–Crippen LogP) is 1.23. The third-order valence-electron chi connectivity index (χ3n) is 3.04. The van der Waals surface area contributed by atoms with Crippen LogP contribution in [0.15, 0.2) is 54.7 Å². The second-order valence-corrected chi connectivity index (χ2v) is 4.99. The van der Waals surface area contributed by atoms with Crippen LogP contribution in [0.25, 0.3) is 0 Å². The van der Waals surface area contributed by atoms with Crippen LogP contribution in [0.3, 0.4) is 0 Å². The quantitative estimate of drug-likeness (QED) is 0.625. The van der Waals surface area contributed by atoms with Crippen LogP contribution in [0.4, 0.5) is 0 Å². The van der Waals surface area contributed by atoms with Crippen molar-refractivity contribution in [1.29, 1.82) is 0 Å². The Morgan fingerprint density at radius 1 is 1.04 bits per heavy atom. The molecule has 24 heavy (non-hydrogen) atoms. The topological polar surface area (TPSA) is 134 Å². The molecule has 1 heterocycles. The van der Waals surface area contributed by atoms with Gasteiger partial charge in [0.1, 0.15) is 0 Å². The number of aliphatic hydroxyl groups excluding tert-OH is 1. The summed E-state index contributed by atoms with van der Waals surface area (Å²) in [7, 11) is 0. The summed E-state index contributed by atoms with van der Waals surface area (Å²) < 4.78 is 0. The van der Waals surface area contributed by atoms with Crippen molar-refractivity contribution in [3.63, 3.8) is 0 Å². The van der Waals surface area contributed by atoms with Crippen LogP contribution < -0.4 is 5.73 Å². The van der Waals surface area contributed by atoms with Crippen molar-refractivity contribution in [2.75, 3.05) is 0 Å². The van der Waals surface area contributed by atoms with E-state index in [2.05, 4.69) is 4.98 Å². The summed E-state index contributed by atoms with van der Waals surface area (Å²) in [6.07, 6.45) is 0.0373. The smallest absolute Gasteiger partial charge is 0.333 e. The average molecular weight is 332 g/mol. The SMILES string of the molecule is N[C@@H](Cc1ccccn1)c1ccccc1.O=C(O)CC(O)C(=O)O. The first-order valence-electron chi connectivity index (χ1n) is 7.23. The van der Waals surface area contributed by atoms with Gasteiger partial charge in [0.25, 0.3) is 0 Å². The fourth-order valence-electron chi connectivity index (χ4n) is 1.81. The molecule has 7 heteroatoms. The summed E-state index contributed by atoms with van der Waals surface area (Å²) in [5, 5.41) is 24.1. The molecular formula is C17H20N2O5. The lowest BCUT2D eigenvalue weighted by atomic mass is 10.0. The highest BCUT2D eigenvalue weighted by atomic mass is 16.4. The standard InChI is InChI=1S/C13H14N2.C4H6O5/c14-13(11-6-2-1-3-7-11)10-12-8-4-5-9-15-12;5-2(4(8)9)1-3(6)7/h1-9,13H,10,14H2;2,5H,1H2,(H,6,7)(H,8,9)/t13-;/m0./s1. The molecule has 0 aliphatic rings. The minimum Gasteiger partial charge on any atom is -0.481 e. The van der Waals surface area contributed by atoms with E-state index in [0.29, 0.717) is 0 Å². The third-order valence-corrected chi connectivity index (χ3v) is 3.04. The summed E-state index contributed by atoms with van der Waals surface area (Å²) in [6.45, 7) is 0. The van der Waals surface area contributed by atoms with Crippen LogP contribution in [-0.2, 0) is 16.0 Å². The van der Waals surface area contributed by atoms with Gasteiger partial charge >= 0.3 is 11.9 Å².